The van der Waals surface area contributed by atoms with Crippen molar-refractivity contribution >= 4 is 23.4 Å². The van der Waals surface area contributed by atoms with Gasteiger partial charge >= 0.3 is 0 Å². The number of hydrogen-bond acceptors (Lipinski definition) is 4. The Morgan fingerprint density at radius 2 is 1.78 bits per heavy atom. The Morgan fingerprint density at radius 3 is 2.33 bits per heavy atom. The molecule has 0 saturated heterocycles. The van der Waals surface area contributed by atoms with E-state index in [1.54, 1.807) is 30.3 Å². The largest absolute Gasteiger partial charge is 0.493 e. The van der Waals surface area contributed by atoms with E-state index in [1.807, 2.05) is 26.0 Å². The Kier molecular flexibility index (Phi) is 7.07. The lowest BCUT2D eigenvalue weighted by atomic mass is 10.1. The van der Waals surface area contributed by atoms with Gasteiger partial charge in [-0.25, -0.2) is 0 Å². The van der Waals surface area contributed by atoms with Crippen LogP contribution in [0.3, 0.4) is 0 Å². The van der Waals surface area contributed by atoms with Gasteiger partial charge in [0.25, 0.3) is 5.91 Å². The van der Waals surface area contributed by atoms with Gasteiger partial charge in [0.2, 0.25) is 5.91 Å². The third-order valence-corrected chi connectivity index (χ3v) is 4.18. The van der Waals surface area contributed by atoms with Gasteiger partial charge in [-0.2, -0.15) is 0 Å². The van der Waals surface area contributed by atoms with E-state index < -0.39 is 5.91 Å². The van der Waals surface area contributed by atoms with Crippen LogP contribution in [0, 0.1) is 0 Å². The highest BCUT2D eigenvalue weighted by Crippen LogP contribution is 2.29. The van der Waals surface area contributed by atoms with Crippen LogP contribution in [-0.4, -0.2) is 36.4 Å². The monoisotopic (exact) mass is 390 g/mol. The molecule has 2 aromatic rings. The molecule has 0 spiro atoms. The summed E-state index contributed by atoms with van der Waals surface area (Å²) in [5, 5.41) is 0.657. The topological polar surface area (TPSA) is 81.9 Å². The lowest BCUT2D eigenvalue weighted by Crippen LogP contribution is -2.42. The van der Waals surface area contributed by atoms with E-state index in [-0.39, 0.29) is 18.5 Å². The van der Waals surface area contributed by atoms with Crippen molar-refractivity contribution in [3.05, 3.63) is 58.6 Å². The minimum absolute atomic E-state index is 0.145. The van der Waals surface area contributed by atoms with Crippen LogP contribution in [0.15, 0.2) is 42.5 Å². The Bertz CT molecular complexity index is 806. The molecule has 144 valence electrons. The molecule has 0 heterocycles. The second-order valence-electron chi connectivity index (χ2n) is 6.27. The van der Waals surface area contributed by atoms with Crippen LogP contribution in [0.5, 0.6) is 11.5 Å². The molecule has 6 nitrogen and oxygen atoms in total. The van der Waals surface area contributed by atoms with Crippen molar-refractivity contribution in [2.75, 3.05) is 13.7 Å². The maximum absolute atomic E-state index is 12.7. The zero-order valence-corrected chi connectivity index (χ0v) is 16.3. The number of primary amides is 1. The molecule has 0 radical (unpaired) electrons. The van der Waals surface area contributed by atoms with Gasteiger partial charge in [-0.15, -0.1) is 0 Å². The molecule has 2 N–H and O–H groups in total. The summed E-state index contributed by atoms with van der Waals surface area (Å²) in [7, 11) is 1.50. The molecule has 7 heteroatoms. The number of halogens is 1. The van der Waals surface area contributed by atoms with Crippen LogP contribution in [-0.2, 0) is 11.4 Å². The average molecular weight is 391 g/mol. The first kappa shape index (κ1) is 20.6. The summed E-state index contributed by atoms with van der Waals surface area (Å²) in [5.74, 6) is 0.0749. The van der Waals surface area contributed by atoms with E-state index in [1.165, 1.54) is 12.0 Å². The molecule has 0 aliphatic carbocycles. The predicted molar refractivity (Wildman–Crippen MR) is 104 cm³/mol. The molecule has 27 heavy (non-hydrogen) atoms. The summed E-state index contributed by atoms with van der Waals surface area (Å²) >= 11 is 5.88. The smallest absolute Gasteiger partial charge is 0.254 e. The van der Waals surface area contributed by atoms with E-state index >= 15 is 0 Å². The maximum atomic E-state index is 12.7. The van der Waals surface area contributed by atoms with Crippen molar-refractivity contribution in [2.24, 2.45) is 5.73 Å². The summed E-state index contributed by atoms with van der Waals surface area (Å²) in [6.45, 7) is 3.83. The van der Waals surface area contributed by atoms with Crippen molar-refractivity contribution in [3.8, 4) is 11.5 Å². The molecule has 0 unspecified atom stereocenters. The van der Waals surface area contributed by atoms with E-state index in [0.717, 1.165) is 5.56 Å². The lowest BCUT2D eigenvalue weighted by molar-refractivity contribution is -0.119. The molecular formula is C20H23ClN2O4. The Labute approximate surface area is 163 Å². The Balaban J connectivity index is 2.17. The van der Waals surface area contributed by atoms with Crippen molar-refractivity contribution < 1.29 is 19.1 Å². The van der Waals surface area contributed by atoms with E-state index in [2.05, 4.69) is 0 Å². The number of ether oxygens (including phenoxy) is 2. The number of carbonyl (C=O) groups excluding carboxylic acids is 2. The maximum Gasteiger partial charge on any atom is 0.254 e. The molecule has 0 saturated carbocycles. The molecule has 0 bridgehead atoms. The fourth-order valence-electron chi connectivity index (χ4n) is 2.48. The van der Waals surface area contributed by atoms with Gasteiger partial charge in [-0.05, 0) is 49.7 Å². The molecule has 0 aliphatic heterocycles. The number of methoxy groups -OCH3 is 1. The van der Waals surface area contributed by atoms with Gasteiger partial charge in [-0.1, -0.05) is 23.7 Å². The Morgan fingerprint density at radius 1 is 1.11 bits per heavy atom. The molecule has 0 aliphatic rings. The van der Waals surface area contributed by atoms with Gasteiger partial charge in [0.05, 0.1) is 13.7 Å². The zero-order valence-electron chi connectivity index (χ0n) is 15.6. The number of rotatable bonds is 8. The summed E-state index contributed by atoms with van der Waals surface area (Å²) in [6, 6.07) is 12.1. The molecule has 0 fully saturated rings. The van der Waals surface area contributed by atoms with Crippen molar-refractivity contribution in [2.45, 2.75) is 26.5 Å². The highest BCUT2D eigenvalue weighted by molar-refractivity contribution is 6.30. The van der Waals surface area contributed by atoms with Crippen LogP contribution in [0.4, 0.5) is 0 Å². The van der Waals surface area contributed by atoms with Crippen molar-refractivity contribution in [1.82, 2.24) is 4.90 Å². The second-order valence-corrected chi connectivity index (χ2v) is 6.71. The first-order valence-electron chi connectivity index (χ1n) is 8.46. The van der Waals surface area contributed by atoms with Crippen LogP contribution >= 0.6 is 11.6 Å². The third kappa shape index (κ3) is 5.62. The van der Waals surface area contributed by atoms with Gasteiger partial charge < -0.3 is 20.1 Å². The SMILES string of the molecule is COc1cc(C(=O)N(CC(N)=O)C(C)C)ccc1OCc1ccc(Cl)cc1. The molecule has 2 aromatic carbocycles. The summed E-state index contributed by atoms with van der Waals surface area (Å²) < 4.78 is 11.2. The Hall–Kier alpha value is -2.73. The molecular weight excluding hydrogens is 368 g/mol. The highest BCUT2D eigenvalue weighted by Gasteiger charge is 2.22. The van der Waals surface area contributed by atoms with E-state index in [4.69, 9.17) is 26.8 Å². The van der Waals surface area contributed by atoms with Gasteiger partial charge in [0.1, 0.15) is 6.61 Å². The number of benzene rings is 2. The summed E-state index contributed by atoms with van der Waals surface area (Å²) in [4.78, 5) is 25.4. The molecule has 2 amide bonds. The first-order valence-corrected chi connectivity index (χ1v) is 8.84. The minimum Gasteiger partial charge on any atom is -0.493 e. The standard InChI is InChI=1S/C20H23ClN2O4/c1-13(2)23(11-19(22)24)20(25)15-6-9-17(18(10-15)26-3)27-12-14-4-7-16(21)8-5-14/h4-10,13H,11-12H2,1-3H3,(H2,22,24). The number of carbonyl (C=O) groups is 2. The van der Waals surface area contributed by atoms with Crippen LogP contribution in [0.2, 0.25) is 5.02 Å². The van der Waals surface area contributed by atoms with E-state index in [0.29, 0.717) is 28.7 Å². The van der Waals surface area contributed by atoms with Gasteiger partial charge in [0.15, 0.2) is 11.5 Å². The molecule has 0 aromatic heterocycles. The first-order chi connectivity index (χ1) is 12.8. The number of nitrogens with zero attached hydrogens (tertiary/aromatic N) is 1. The number of amides is 2. The zero-order chi connectivity index (χ0) is 20.0. The average Bonchev–Trinajstić information content (AvgIpc) is 2.64. The van der Waals surface area contributed by atoms with Gasteiger partial charge in [-0.3, -0.25) is 9.59 Å². The normalized spacial score (nSPS) is 10.6. The highest BCUT2D eigenvalue weighted by atomic mass is 35.5. The van der Waals surface area contributed by atoms with Crippen LogP contribution in [0.25, 0.3) is 0 Å². The fraction of sp³-hybridized carbons (Fsp3) is 0.300. The lowest BCUT2D eigenvalue weighted by Gasteiger charge is -2.25. The van der Waals surface area contributed by atoms with Gasteiger partial charge in [0, 0.05) is 16.6 Å². The van der Waals surface area contributed by atoms with E-state index in [9.17, 15) is 9.59 Å². The summed E-state index contributed by atoms with van der Waals surface area (Å²) in [6.07, 6.45) is 0. The van der Waals surface area contributed by atoms with Crippen LogP contribution in [0.1, 0.15) is 29.8 Å². The quantitative estimate of drug-likeness (QED) is 0.750. The summed E-state index contributed by atoms with van der Waals surface area (Å²) in [5.41, 5.74) is 6.59. The third-order valence-electron chi connectivity index (χ3n) is 3.93. The number of hydrogen-bond donors (Lipinski definition) is 1. The van der Waals surface area contributed by atoms with Crippen molar-refractivity contribution in [1.29, 1.82) is 0 Å². The predicted octanol–water partition coefficient (Wildman–Crippen LogP) is 3.26. The fourth-order valence-corrected chi connectivity index (χ4v) is 2.61. The molecule has 2 rings (SSSR count). The molecule has 0 atom stereocenters. The van der Waals surface area contributed by atoms with Crippen molar-refractivity contribution in [3.63, 3.8) is 0 Å². The second kappa shape index (κ2) is 9.28. The minimum atomic E-state index is -0.563. The van der Waals surface area contributed by atoms with Crippen LogP contribution < -0.4 is 15.2 Å². The number of nitrogens with two attached hydrogens (primary N) is 1.